The number of ether oxygens (including phenoxy) is 1. The van der Waals surface area contributed by atoms with Gasteiger partial charge < -0.3 is 25.3 Å². The molecular weight excluding hydrogens is 526 g/mol. The highest BCUT2D eigenvalue weighted by molar-refractivity contribution is 7.92. The van der Waals surface area contributed by atoms with E-state index >= 15 is 0 Å². The van der Waals surface area contributed by atoms with Crippen LogP contribution in [0.5, 0.6) is 5.75 Å². The fourth-order valence-electron chi connectivity index (χ4n) is 4.68. The maximum atomic E-state index is 12.7. The lowest BCUT2D eigenvalue weighted by atomic mass is 10.1. The molecule has 3 aromatic rings. The number of aromatic amines is 1. The van der Waals surface area contributed by atoms with Crippen molar-refractivity contribution in [3.8, 4) is 5.75 Å². The number of unbranched alkanes of at least 4 members (excludes halogenated alkanes) is 2. The van der Waals surface area contributed by atoms with E-state index in [1.54, 1.807) is 12.1 Å². The fraction of sp³-hybridized carbons (Fsp3) is 0.444. The Morgan fingerprint density at radius 3 is 2.47 bits per heavy atom. The Kier molecular flexibility index (Phi) is 10.7. The van der Waals surface area contributed by atoms with Crippen LogP contribution in [0.2, 0.25) is 0 Å². The van der Waals surface area contributed by atoms with Crippen molar-refractivity contribution < 1.29 is 17.9 Å². The minimum atomic E-state index is -3.29. The number of fused-ring (bicyclic) bond motifs is 1. The number of nitrogens with two attached hydrogens (primary N) is 1. The van der Waals surface area contributed by atoms with E-state index < -0.39 is 10.0 Å². The van der Waals surface area contributed by atoms with Crippen LogP contribution in [0.25, 0.3) is 10.9 Å². The van der Waals surface area contributed by atoms with E-state index in [0.717, 1.165) is 67.4 Å². The molecule has 4 N–H and O–H groups in total. The number of carbonyl (C=O) groups is 1. The van der Waals surface area contributed by atoms with Crippen LogP contribution in [0.1, 0.15) is 31.2 Å². The van der Waals surface area contributed by atoms with Crippen LogP contribution in [0, 0.1) is 0 Å². The van der Waals surface area contributed by atoms with Crippen LogP contribution >= 0.6 is 12.4 Å². The number of halogens is 1. The molecule has 0 unspecified atom stereocenters. The second kappa shape index (κ2) is 13.7. The number of carbonyl (C=O) groups excluding carboxylic acids is 1. The molecule has 9 nitrogen and oxygen atoms in total. The highest BCUT2D eigenvalue weighted by Gasteiger charge is 2.21. The van der Waals surface area contributed by atoms with E-state index in [1.165, 1.54) is 5.56 Å². The predicted octanol–water partition coefficient (Wildman–Crippen LogP) is 3.75. The first-order valence-electron chi connectivity index (χ1n) is 12.9. The molecule has 1 aromatic heterocycles. The molecular formula is C27H38ClN5O4S. The minimum Gasteiger partial charge on any atom is -0.494 e. The van der Waals surface area contributed by atoms with Gasteiger partial charge in [-0.3, -0.25) is 9.52 Å². The average Bonchev–Trinajstić information content (AvgIpc) is 3.28. The van der Waals surface area contributed by atoms with Gasteiger partial charge >= 0.3 is 0 Å². The molecule has 0 radical (unpaired) electrons. The molecule has 0 aliphatic carbocycles. The van der Waals surface area contributed by atoms with Crippen LogP contribution < -0.4 is 20.1 Å². The quantitative estimate of drug-likeness (QED) is 0.289. The Bertz CT molecular complexity index is 1290. The van der Waals surface area contributed by atoms with Crippen LogP contribution in [-0.4, -0.2) is 69.8 Å². The summed E-state index contributed by atoms with van der Waals surface area (Å²) in [7, 11) is -3.29. The smallest absolute Gasteiger partial charge is 0.229 e. The number of rotatable bonds is 12. The first kappa shape index (κ1) is 29.6. The zero-order valence-corrected chi connectivity index (χ0v) is 23.5. The van der Waals surface area contributed by atoms with Gasteiger partial charge in [0.25, 0.3) is 0 Å². The monoisotopic (exact) mass is 563 g/mol. The van der Waals surface area contributed by atoms with Gasteiger partial charge in [0, 0.05) is 61.1 Å². The summed E-state index contributed by atoms with van der Waals surface area (Å²) in [6.07, 6.45) is 7.26. The van der Waals surface area contributed by atoms with Gasteiger partial charge in [0.2, 0.25) is 15.9 Å². The molecule has 11 heteroatoms. The molecule has 2 heterocycles. The van der Waals surface area contributed by atoms with E-state index in [4.69, 9.17) is 10.5 Å². The van der Waals surface area contributed by atoms with Crippen LogP contribution in [-0.2, 0) is 21.2 Å². The maximum absolute atomic E-state index is 12.7. The summed E-state index contributed by atoms with van der Waals surface area (Å²) in [5.74, 6) is 1.07. The Morgan fingerprint density at radius 1 is 1.05 bits per heavy atom. The summed E-state index contributed by atoms with van der Waals surface area (Å²) in [5, 5.41) is 1.16. The highest BCUT2D eigenvalue weighted by Crippen LogP contribution is 2.24. The first-order valence-corrected chi connectivity index (χ1v) is 14.7. The lowest BCUT2D eigenvalue weighted by Crippen LogP contribution is -2.48. The van der Waals surface area contributed by atoms with Crippen LogP contribution in [0.15, 0.2) is 48.7 Å². The molecule has 1 aliphatic rings. The van der Waals surface area contributed by atoms with E-state index in [2.05, 4.69) is 20.7 Å². The van der Waals surface area contributed by atoms with Crippen molar-refractivity contribution in [1.29, 1.82) is 0 Å². The SMILES string of the molecule is CS(=O)(=O)Nc1ccc(N2CCN(C(=O)CCCCCOc3ccc4[nH]cc(CCN)c4c3)CC2)cc1.Cl. The highest BCUT2D eigenvalue weighted by atomic mass is 35.5. The Morgan fingerprint density at radius 2 is 1.79 bits per heavy atom. The Hall–Kier alpha value is -2.95. The maximum Gasteiger partial charge on any atom is 0.229 e. The summed E-state index contributed by atoms with van der Waals surface area (Å²) in [4.78, 5) is 20.1. The lowest BCUT2D eigenvalue weighted by molar-refractivity contribution is -0.131. The third-order valence-corrected chi connectivity index (χ3v) is 7.23. The van der Waals surface area contributed by atoms with Crippen LogP contribution in [0.4, 0.5) is 11.4 Å². The fourth-order valence-corrected chi connectivity index (χ4v) is 5.25. The number of hydrogen-bond acceptors (Lipinski definition) is 6. The number of amides is 1. The third-order valence-electron chi connectivity index (χ3n) is 6.62. The lowest BCUT2D eigenvalue weighted by Gasteiger charge is -2.36. The summed E-state index contributed by atoms with van der Waals surface area (Å²) in [6, 6.07) is 13.4. The molecule has 208 valence electrons. The summed E-state index contributed by atoms with van der Waals surface area (Å²) < 4.78 is 31.1. The Balaban J connectivity index is 0.00000400. The van der Waals surface area contributed by atoms with Crippen molar-refractivity contribution >= 4 is 50.6 Å². The van der Waals surface area contributed by atoms with Crippen molar-refractivity contribution in [2.45, 2.75) is 32.1 Å². The molecule has 1 saturated heterocycles. The van der Waals surface area contributed by atoms with Crippen molar-refractivity contribution in [3.63, 3.8) is 0 Å². The molecule has 1 fully saturated rings. The van der Waals surface area contributed by atoms with Gasteiger partial charge in [0.05, 0.1) is 12.9 Å². The van der Waals surface area contributed by atoms with E-state index in [9.17, 15) is 13.2 Å². The third kappa shape index (κ3) is 8.28. The second-order valence-corrected chi connectivity index (χ2v) is 11.3. The minimum absolute atomic E-state index is 0. The zero-order valence-electron chi connectivity index (χ0n) is 21.8. The molecule has 38 heavy (non-hydrogen) atoms. The van der Waals surface area contributed by atoms with Gasteiger partial charge in [0.15, 0.2) is 0 Å². The molecule has 4 rings (SSSR count). The van der Waals surface area contributed by atoms with Crippen molar-refractivity contribution in [3.05, 3.63) is 54.2 Å². The number of nitrogens with zero attached hydrogens (tertiary/aromatic N) is 2. The van der Waals surface area contributed by atoms with Gasteiger partial charge in [-0.25, -0.2) is 8.42 Å². The van der Waals surface area contributed by atoms with Gasteiger partial charge in [-0.05, 0) is 80.3 Å². The van der Waals surface area contributed by atoms with Crippen molar-refractivity contribution in [2.24, 2.45) is 5.73 Å². The number of hydrogen-bond donors (Lipinski definition) is 3. The Labute approximate surface area is 231 Å². The van der Waals surface area contributed by atoms with Gasteiger partial charge in [-0.15, -0.1) is 12.4 Å². The topological polar surface area (TPSA) is 121 Å². The zero-order chi connectivity index (χ0) is 26.3. The number of aromatic nitrogens is 1. The second-order valence-electron chi connectivity index (χ2n) is 9.51. The molecule has 0 saturated carbocycles. The van der Waals surface area contributed by atoms with Crippen LogP contribution in [0.3, 0.4) is 0 Å². The predicted molar refractivity (Wildman–Crippen MR) is 156 cm³/mol. The number of sulfonamides is 1. The standard InChI is InChI=1S/C27H37N5O4S.ClH/c1-37(34,35)30-22-6-8-23(9-7-22)31-14-16-32(17-15-31)27(33)5-3-2-4-18-36-24-10-11-26-25(19-24)21(12-13-28)20-29-26;/h6-11,19-20,29-30H,2-5,12-18,28H2,1H3;1H. The largest absolute Gasteiger partial charge is 0.494 e. The molecule has 0 bridgehead atoms. The van der Waals surface area contributed by atoms with E-state index in [1.807, 2.05) is 35.4 Å². The van der Waals surface area contributed by atoms with E-state index in [0.29, 0.717) is 38.3 Å². The van der Waals surface area contributed by atoms with Gasteiger partial charge in [-0.2, -0.15) is 0 Å². The molecule has 1 aliphatic heterocycles. The summed E-state index contributed by atoms with van der Waals surface area (Å²) >= 11 is 0. The number of anilines is 2. The van der Waals surface area contributed by atoms with Crippen molar-refractivity contribution in [2.75, 3.05) is 55.2 Å². The summed E-state index contributed by atoms with van der Waals surface area (Å²) in [6.45, 7) is 4.16. The summed E-state index contributed by atoms with van der Waals surface area (Å²) in [5.41, 5.74) is 9.58. The number of benzene rings is 2. The van der Waals surface area contributed by atoms with Crippen molar-refractivity contribution in [1.82, 2.24) is 9.88 Å². The molecule has 2 aromatic carbocycles. The molecule has 0 atom stereocenters. The van der Waals surface area contributed by atoms with E-state index in [-0.39, 0.29) is 18.3 Å². The first-order chi connectivity index (χ1) is 17.8. The molecule has 1 amide bonds. The number of nitrogens with one attached hydrogen (secondary N) is 2. The number of H-pyrrole nitrogens is 1. The normalized spacial score (nSPS) is 13.8. The van der Waals surface area contributed by atoms with Gasteiger partial charge in [0.1, 0.15) is 5.75 Å². The average molecular weight is 564 g/mol. The number of piperazine rings is 1. The molecule has 0 spiro atoms. The van der Waals surface area contributed by atoms with Gasteiger partial charge in [-0.1, -0.05) is 0 Å².